The van der Waals surface area contributed by atoms with Crippen molar-refractivity contribution in [1.29, 1.82) is 0 Å². The predicted octanol–water partition coefficient (Wildman–Crippen LogP) is 4.95. The van der Waals surface area contributed by atoms with Gasteiger partial charge in [0.2, 0.25) is 0 Å². The van der Waals surface area contributed by atoms with Gasteiger partial charge in [-0.25, -0.2) is 0 Å². The Balaban J connectivity index is 2.40. The van der Waals surface area contributed by atoms with Crippen molar-refractivity contribution in [3.63, 3.8) is 0 Å². The number of hydrogen-bond donors (Lipinski definition) is 0. The van der Waals surface area contributed by atoms with E-state index in [4.69, 9.17) is 0 Å². The van der Waals surface area contributed by atoms with Crippen molar-refractivity contribution < 1.29 is 0 Å². The largest absolute Gasteiger partial charge is 0.0836 e. The van der Waals surface area contributed by atoms with Gasteiger partial charge in [-0.2, -0.15) is 0 Å². The molecule has 0 saturated carbocycles. The summed E-state index contributed by atoms with van der Waals surface area (Å²) < 4.78 is 2.23. The predicted molar refractivity (Wildman–Crippen MR) is 68.2 cm³/mol. The molecule has 0 bridgehead atoms. The average molecular weight is 314 g/mol. The van der Waals surface area contributed by atoms with Gasteiger partial charge in [-0.15, -0.1) is 0 Å². The second-order valence-corrected chi connectivity index (χ2v) is 5.13. The van der Waals surface area contributed by atoms with Gasteiger partial charge in [0, 0.05) is 8.95 Å². The Bertz CT molecular complexity index is 383. The lowest BCUT2D eigenvalue weighted by Gasteiger charge is -2.08. The molecule has 0 aromatic heterocycles. The van der Waals surface area contributed by atoms with Crippen LogP contribution in [0.1, 0.15) is 18.4 Å². The molecule has 0 unspecified atom stereocenters. The minimum Gasteiger partial charge on any atom is -0.0836 e. The summed E-state index contributed by atoms with van der Waals surface area (Å²) in [7, 11) is 0. The third-order valence-corrected chi connectivity index (χ3v) is 3.11. The van der Waals surface area contributed by atoms with Gasteiger partial charge in [0.05, 0.1) is 0 Å². The van der Waals surface area contributed by atoms with E-state index < -0.39 is 0 Å². The summed E-state index contributed by atoms with van der Waals surface area (Å²) in [5.74, 6) is 0. The molecule has 1 aliphatic rings. The van der Waals surface area contributed by atoms with E-state index >= 15 is 0 Å². The Labute approximate surface area is 101 Å². The molecule has 1 aromatic carbocycles. The fourth-order valence-electron chi connectivity index (χ4n) is 1.55. The Morgan fingerprint density at radius 3 is 2.21 bits per heavy atom. The maximum Gasteiger partial charge on any atom is 0.0192 e. The molecule has 2 rings (SSSR count). The molecule has 0 saturated heterocycles. The van der Waals surface area contributed by atoms with E-state index in [2.05, 4.69) is 68.3 Å². The second-order valence-electron chi connectivity index (χ2n) is 3.30. The van der Waals surface area contributed by atoms with E-state index in [-0.39, 0.29) is 0 Å². The number of rotatable bonds is 1. The van der Waals surface area contributed by atoms with Crippen molar-refractivity contribution in [2.75, 3.05) is 0 Å². The Kier molecular flexibility index (Phi) is 3.24. The van der Waals surface area contributed by atoms with Crippen LogP contribution in [0.5, 0.6) is 0 Å². The first-order valence-corrected chi connectivity index (χ1v) is 6.17. The summed E-state index contributed by atoms with van der Waals surface area (Å²) in [5.41, 5.74) is 2.58. The zero-order chi connectivity index (χ0) is 9.97. The monoisotopic (exact) mass is 312 g/mol. The first-order valence-electron chi connectivity index (χ1n) is 4.59. The smallest absolute Gasteiger partial charge is 0.0192 e. The minimum absolute atomic E-state index is 1.11. The van der Waals surface area contributed by atoms with Gasteiger partial charge in [0.15, 0.2) is 0 Å². The molecule has 1 aliphatic carbocycles. The molecule has 0 radical (unpaired) electrons. The minimum atomic E-state index is 1.11. The van der Waals surface area contributed by atoms with Crippen LogP contribution in [0.25, 0.3) is 5.57 Å². The summed E-state index contributed by atoms with van der Waals surface area (Å²) >= 11 is 7.00. The third-order valence-electron chi connectivity index (χ3n) is 2.19. The maximum atomic E-state index is 3.50. The van der Waals surface area contributed by atoms with Crippen molar-refractivity contribution in [2.45, 2.75) is 12.8 Å². The molecule has 0 aliphatic heterocycles. The molecule has 2 heteroatoms. The lowest BCUT2D eigenvalue weighted by molar-refractivity contribution is 1.04. The van der Waals surface area contributed by atoms with Crippen LogP contribution in [-0.4, -0.2) is 0 Å². The topological polar surface area (TPSA) is 0 Å². The van der Waals surface area contributed by atoms with Gasteiger partial charge < -0.3 is 0 Å². The SMILES string of the molecule is Brc1cc(Br)cc(C2=CCCC=C2)c1. The lowest BCUT2D eigenvalue weighted by Crippen LogP contribution is -1.86. The van der Waals surface area contributed by atoms with Gasteiger partial charge in [0.25, 0.3) is 0 Å². The van der Waals surface area contributed by atoms with Crippen LogP contribution in [0, 0.1) is 0 Å². The first kappa shape index (κ1) is 10.2. The van der Waals surface area contributed by atoms with Crippen LogP contribution < -0.4 is 0 Å². The summed E-state index contributed by atoms with van der Waals surface area (Å²) in [6.07, 6.45) is 9.02. The molecule has 0 nitrogen and oxygen atoms in total. The molecule has 0 atom stereocenters. The van der Waals surface area contributed by atoms with Crippen molar-refractivity contribution in [3.8, 4) is 0 Å². The Morgan fingerprint density at radius 2 is 1.64 bits per heavy atom. The van der Waals surface area contributed by atoms with Crippen molar-refractivity contribution in [3.05, 3.63) is 50.9 Å². The summed E-state index contributed by atoms with van der Waals surface area (Å²) in [6.45, 7) is 0. The fraction of sp³-hybridized carbons (Fsp3) is 0.167. The number of halogens is 2. The standard InChI is InChI=1S/C12H10Br2/c13-11-6-10(7-12(14)8-11)9-4-2-1-3-5-9/h2,4-8H,1,3H2. The summed E-state index contributed by atoms with van der Waals surface area (Å²) in [4.78, 5) is 0. The van der Waals surface area contributed by atoms with E-state index in [1.807, 2.05) is 0 Å². The van der Waals surface area contributed by atoms with Crippen LogP contribution in [0.4, 0.5) is 0 Å². The summed E-state index contributed by atoms with van der Waals surface area (Å²) in [5, 5.41) is 0. The van der Waals surface area contributed by atoms with Crippen molar-refractivity contribution in [2.24, 2.45) is 0 Å². The first-order chi connectivity index (χ1) is 6.75. The van der Waals surface area contributed by atoms with Gasteiger partial charge in [0.1, 0.15) is 0 Å². The van der Waals surface area contributed by atoms with Crippen molar-refractivity contribution in [1.82, 2.24) is 0 Å². The highest BCUT2D eigenvalue weighted by molar-refractivity contribution is 9.11. The molecule has 72 valence electrons. The zero-order valence-electron chi connectivity index (χ0n) is 7.63. The van der Waals surface area contributed by atoms with E-state index in [0.717, 1.165) is 15.4 Å². The molecule has 14 heavy (non-hydrogen) atoms. The molecular weight excluding hydrogens is 304 g/mol. The van der Waals surface area contributed by atoms with Crippen molar-refractivity contribution >= 4 is 37.4 Å². The third kappa shape index (κ3) is 2.37. The van der Waals surface area contributed by atoms with Crippen LogP contribution >= 0.6 is 31.9 Å². The molecule has 0 amide bonds. The molecule has 1 aromatic rings. The average Bonchev–Trinajstić information content (AvgIpc) is 2.18. The van der Waals surface area contributed by atoms with Gasteiger partial charge >= 0.3 is 0 Å². The Hall–Kier alpha value is -0.340. The molecule has 0 N–H and O–H groups in total. The van der Waals surface area contributed by atoms with Gasteiger partial charge in [-0.1, -0.05) is 50.1 Å². The summed E-state index contributed by atoms with van der Waals surface area (Å²) in [6, 6.07) is 6.34. The van der Waals surface area contributed by atoms with E-state index in [1.54, 1.807) is 0 Å². The molecular formula is C12H10Br2. The van der Waals surface area contributed by atoms with Crippen LogP contribution in [0.3, 0.4) is 0 Å². The highest BCUT2D eigenvalue weighted by atomic mass is 79.9. The molecule has 0 fully saturated rings. The van der Waals surface area contributed by atoms with Crippen LogP contribution in [0.2, 0.25) is 0 Å². The zero-order valence-corrected chi connectivity index (χ0v) is 10.8. The quantitative estimate of drug-likeness (QED) is 0.688. The van der Waals surface area contributed by atoms with Gasteiger partial charge in [-0.05, 0) is 42.2 Å². The van der Waals surface area contributed by atoms with Crippen LogP contribution in [-0.2, 0) is 0 Å². The molecule has 0 spiro atoms. The van der Waals surface area contributed by atoms with E-state index in [0.29, 0.717) is 0 Å². The van der Waals surface area contributed by atoms with E-state index in [1.165, 1.54) is 17.6 Å². The van der Waals surface area contributed by atoms with E-state index in [9.17, 15) is 0 Å². The highest BCUT2D eigenvalue weighted by Crippen LogP contribution is 2.27. The number of allylic oxidation sites excluding steroid dienone is 4. The Morgan fingerprint density at radius 1 is 0.929 bits per heavy atom. The lowest BCUT2D eigenvalue weighted by atomic mass is 10.00. The highest BCUT2D eigenvalue weighted by Gasteiger charge is 2.03. The second kappa shape index (κ2) is 4.45. The normalized spacial score (nSPS) is 15.4. The van der Waals surface area contributed by atoms with Gasteiger partial charge in [-0.3, -0.25) is 0 Å². The number of benzene rings is 1. The fourth-order valence-corrected chi connectivity index (χ4v) is 2.84. The maximum absolute atomic E-state index is 3.50. The molecule has 0 heterocycles. The number of hydrogen-bond acceptors (Lipinski definition) is 0. The van der Waals surface area contributed by atoms with Crippen LogP contribution in [0.15, 0.2) is 45.4 Å².